The molecule has 0 bridgehead atoms. The van der Waals surface area contributed by atoms with Crippen LogP contribution in [-0.2, 0) is 11.3 Å². The van der Waals surface area contributed by atoms with Crippen LogP contribution in [0.15, 0.2) is 89.7 Å². The summed E-state index contributed by atoms with van der Waals surface area (Å²) < 4.78 is 7.77. The third-order valence-electron chi connectivity index (χ3n) is 5.19. The maximum absolute atomic E-state index is 13.5. The molecule has 0 aliphatic rings. The number of para-hydroxylation sites is 2. The average Bonchev–Trinajstić information content (AvgIpc) is 3.21. The van der Waals surface area contributed by atoms with Crippen LogP contribution in [0, 0.1) is 11.3 Å². The molecule has 0 spiro atoms. The summed E-state index contributed by atoms with van der Waals surface area (Å²) in [7, 11) is 0. The molecule has 0 saturated heterocycles. The third kappa shape index (κ3) is 5.40. The highest BCUT2D eigenvalue weighted by atomic mass is 32.1. The minimum atomic E-state index is -0.538. The highest BCUT2D eigenvalue weighted by Gasteiger charge is 2.17. The van der Waals surface area contributed by atoms with E-state index in [0.717, 1.165) is 22.5 Å². The molecular weight excluding hydrogens is 458 g/mol. The van der Waals surface area contributed by atoms with Gasteiger partial charge in [0.15, 0.2) is 5.57 Å². The number of hydrogen-bond acceptors (Lipinski definition) is 5. The smallest absolute Gasteiger partial charge is 0.273 e. The van der Waals surface area contributed by atoms with E-state index in [-0.39, 0.29) is 22.3 Å². The van der Waals surface area contributed by atoms with Gasteiger partial charge in [-0.2, -0.15) is 5.26 Å². The van der Waals surface area contributed by atoms with Crippen molar-refractivity contribution in [2.75, 3.05) is 6.61 Å². The summed E-state index contributed by atoms with van der Waals surface area (Å²) in [4.78, 5) is 26.6. The van der Waals surface area contributed by atoms with E-state index in [2.05, 4.69) is 5.32 Å². The van der Waals surface area contributed by atoms with Crippen LogP contribution in [0.3, 0.4) is 0 Å². The minimum absolute atomic E-state index is 0.121. The van der Waals surface area contributed by atoms with E-state index in [1.165, 1.54) is 4.57 Å². The van der Waals surface area contributed by atoms with Crippen LogP contribution < -0.4 is 24.8 Å². The monoisotopic (exact) mass is 481 g/mol. The first kappa shape index (κ1) is 23.7. The number of nitrogens with one attached hydrogen (secondary N) is 1. The van der Waals surface area contributed by atoms with Crippen molar-refractivity contribution in [1.82, 2.24) is 9.88 Å². The number of benzene rings is 3. The lowest BCUT2D eigenvalue weighted by Gasteiger charge is -2.06. The fraction of sp³-hybridized carbons (Fsp3) is 0.107. The van der Waals surface area contributed by atoms with Crippen molar-refractivity contribution in [3.8, 4) is 17.5 Å². The van der Waals surface area contributed by atoms with Gasteiger partial charge in [0.2, 0.25) is 0 Å². The van der Waals surface area contributed by atoms with Crippen molar-refractivity contribution < 1.29 is 9.53 Å². The number of aromatic nitrogens is 1. The van der Waals surface area contributed by atoms with Gasteiger partial charge in [-0.3, -0.25) is 14.2 Å². The van der Waals surface area contributed by atoms with E-state index in [0.29, 0.717) is 22.6 Å². The fourth-order valence-corrected chi connectivity index (χ4v) is 4.64. The maximum Gasteiger partial charge on any atom is 0.273 e. The van der Waals surface area contributed by atoms with Crippen LogP contribution in [0.5, 0.6) is 5.75 Å². The topological polar surface area (TPSA) is 84.1 Å². The number of carbonyl (C=O) groups is 1. The Morgan fingerprint density at radius 1 is 1.03 bits per heavy atom. The quantitative estimate of drug-likeness (QED) is 0.440. The van der Waals surface area contributed by atoms with Gasteiger partial charge >= 0.3 is 0 Å². The number of nitriles is 1. The van der Waals surface area contributed by atoms with E-state index in [9.17, 15) is 14.9 Å². The summed E-state index contributed by atoms with van der Waals surface area (Å²) in [6.07, 6.45) is 1.73. The molecule has 3 aromatic carbocycles. The number of ether oxygens (including phenoxy) is 1. The summed E-state index contributed by atoms with van der Waals surface area (Å²) in [5, 5.41) is 12.7. The zero-order chi connectivity index (χ0) is 24.6. The van der Waals surface area contributed by atoms with Crippen molar-refractivity contribution in [2.45, 2.75) is 13.5 Å². The van der Waals surface area contributed by atoms with Crippen molar-refractivity contribution in [3.05, 3.63) is 116 Å². The van der Waals surface area contributed by atoms with Crippen LogP contribution in [-0.4, -0.2) is 17.1 Å². The molecule has 0 unspecified atom stereocenters. The number of thiazole rings is 1. The Bertz CT molecular complexity index is 1550. The molecule has 1 aromatic heterocycles. The lowest BCUT2D eigenvalue weighted by atomic mass is 10.2. The Balaban J connectivity index is 1.89. The summed E-state index contributed by atoms with van der Waals surface area (Å²) in [6, 6.07) is 27.9. The first-order valence-corrected chi connectivity index (χ1v) is 11.9. The molecule has 0 aliphatic heterocycles. The number of hydrogen-bond donors (Lipinski definition) is 1. The summed E-state index contributed by atoms with van der Waals surface area (Å²) >= 11 is 1.10. The Labute approximate surface area is 206 Å². The van der Waals surface area contributed by atoms with Crippen molar-refractivity contribution in [3.63, 3.8) is 0 Å². The van der Waals surface area contributed by atoms with E-state index in [4.69, 9.17) is 4.74 Å². The van der Waals surface area contributed by atoms with Crippen molar-refractivity contribution in [1.29, 1.82) is 5.26 Å². The number of carbonyl (C=O) groups excluding carboxylic acids is 1. The molecule has 1 amide bonds. The Hall–Kier alpha value is -4.41. The van der Waals surface area contributed by atoms with Gasteiger partial charge < -0.3 is 10.1 Å². The van der Waals surface area contributed by atoms with Crippen LogP contribution in [0.4, 0.5) is 0 Å². The second-order valence-corrected chi connectivity index (χ2v) is 8.55. The molecule has 0 radical (unpaired) electrons. The molecule has 7 heteroatoms. The molecule has 1 heterocycles. The van der Waals surface area contributed by atoms with Crippen molar-refractivity contribution >= 4 is 28.9 Å². The van der Waals surface area contributed by atoms with E-state index in [1.807, 2.05) is 73.7 Å². The van der Waals surface area contributed by atoms with Crippen LogP contribution in [0.1, 0.15) is 18.1 Å². The highest BCUT2D eigenvalue weighted by Crippen LogP contribution is 2.18. The number of nitrogens with zero attached hydrogens (tertiary/aromatic N) is 2. The zero-order valence-corrected chi connectivity index (χ0v) is 19.9. The van der Waals surface area contributed by atoms with Gasteiger partial charge in [0.25, 0.3) is 11.5 Å². The Morgan fingerprint density at radius 2 is 1.69 bits per heavy atom. The molecule has 0 fully saturated rings. The third-order valence-corrected chi connectivity index (χ3v) is 6.28. The molecule has 35 heavy (non-hydrogen) atoms. The largest absolute Gasteiger partial charge is 0.493 e. The van der Waals surface area contributed by atoms with Gasteiger partial charge in [-0.25, -0.2) is 0 Å². The Morgan fingerprint density at radius 3 is 2.37 bits per heavy atom. The standard InChI is InChI=1S/C28H23N3O3S/c1-2-34-24-16-10-9-13-21(24)17-25-27(33)31(22-14-7-4-8-15-22)28(35-25)23(18-29)26(32)30-19-20-11-5-3-6-12-20/h3-17H,2,19H2,1H3,(H,30,32)/b25-17+,28-23+. The lowest BCUT2D eigenvalue weighted by molar-refractivity contribution is -0.115. The minimum Gasteiger partial charge on any atom is -0.493 e. The number of amides is 1. The average molecular weight is 482 g/mol. The van der Waals surface area contributed by atoms with Crippen LogP contribution >= 0.6 is 11.3 Å². The first-order valence-electron chi connectivity index (χ1n) is 11.1. The van der Waals surface area contributed by atoms with E-state index >= 15 is 0 Å². The molecule has 4 rings (SSSR count). The molecule has 0 aliphatic carbocycles. The normalized spacial score (nSPS) is 12.1. The van der Waals surface area contributed by atoms with E-state index in [1.54, 1.807) is 30.3 Å². The second kappa shape index (κ2) is 11.1. The summed E-state index contributed by atoms with van der Waals surface area (Å²) in [5.74, 6) is 0.115. The molecule has 4 aromatic rings. The van der Waals surface area contributed by atoms with Crippen LogP contribution in [0.25, 0.3) is 17.3 Å². The van der Waals surface area contributed by atoms with Crippen LogP contribution in [0.2, 0.25) is 0 Å². The molecule has 1 N–H and O–H groups in total. The molecule has 0 saturated carbocycles. The molecule has 174 valence electrons. The van der Waals surface area contributed by atoms with Gasteiger partial charge in [0.05, 0.1) is 16.8 Å². The zero-order valence-electron chi connectivity index (χ0n) is 19.1. The molecular formula is C28H23N3O3S. The lowest BCUT2D eigenvalue weighted by Crippen LogP contribution is -2.33. The highest BCUT2D eigenvalue weighted by molar-refractivity contribution is 7.07. The van der Waals surface area contributed by atoms with E-state index < -0.39 is 5.91 Å². The SMILES string of the molecule is CCOc1ccccc1/C=c1/s/c(=C(\C#N)C(=O)NCc2ccccc2)n(-c2ccccc2)c1=O. The van der Waals surface area contributed by atoms with Gasteiger partial charge in [-0.1, -0.05) is 66.7 Å². The first-order chi connectivity index (χ1) is 17.1. The van der Waals surface area contributed by atoms with Gasteiger partial charge in [0, 0.05) is 12.1 Å². The number of rotatable bonds is 7. The second-order valence-electron chi connectivity index (χ2n) is 7.52. The van der Waals surface area contributed by atoms with Gasteiger partial charge in [-0.05, 0) is 36.8 Å². The van der Waals surface area contributed by atoms with Crippen molar-refractivity contribution in [2.24, 2.45) is 0 Å². The maximum atomic E-state index is 13.5. The fourth-order valence-electron chi connectivity index (χ4n) is 3.55. The van der Waals surface area contributed by atoms with Gasteiger partial charge in [0.1, 0.15) is 16.5 Å². The predicted molar refractivity (Wildman–Crippen MR) is 138 cm³/mol. The van der Waals surface area contributed by atoms with Gasteiger partial charge in [-0.15, -0.1) is 11.3 Å². The Kier molecular flexibility index (Phi) is 7.56. The summed E-state index contributed by atoms with van der Waals surface area (Å²) in [5.41, 5.74) is 1.79. The summed E-state index contributed by atoms with van der Waals surface area (Å²) in [6.45, 7) is 2.65. The molecule has 6 nitrogen and oxygen atoms in total. The molecule has 0 atom stereocenters. The predicted octanol–water partition coefficient (Wildman–Crippen LogP) is 3.12.